The molecule has 2 amide bonds. The topological polar surface area (TPSA) is 89.0 Å². The molecule has 0 unspecified atom stereocenters. The highest BCUT2D eigenvalue weighted by atomic mass is 32.2. The number of benzene rings is 3. The fourth-order valence-corrected chi connectivity index (χ4v) is 3.63. The smallest absolute Gasteiger partial charge is 0.262 e. The van der Waals surface area contributed by atoms with Gasteiger partial charge in [-0.3, -0.25) is 9.59 Å². The quantitative estimate of drug-likeness (QED) is 0.265. The third-order valence-electron chi connectivity index (χ3n) is 4.44. The molecule has 3 rings (SSSR count). The summed E-state index contributed by atoms with van der Waals surface area (Å²) in [5, 5.41) is 6.49. The zero-order valence-electron chi connectivity index (χ0n) is 18.4. The normalized spacial score (nSPS) is 11.6. The fraction of sp³-hybridized carbons (Fsp3) is 0.160. The van der Waals surface area contributed by atoms with E-state index >= 15 is 0 Å². The Hall–Kier alpha value is -3.78. The number of carbonyl (C=O) groups is 2. The molecule has 0 aliphatic heterocycles. The van der Waals surface area contributed by atoms with Crippen LogP contribution in [0.1, 0.15) is 12.5 Å². The van der Waals surface area contributed by atoms with Gasteiger partial charge in [0.15, 0.2) is 6.61 Å². The molecule has 1 atom stereocenters. The first-order chi connectivity index (χ1) is 16.0. The van der Waals surface area contributed by atoms with Gasteiger partial charge in [-0.1, -0.05) is 30.3 Å². The van der Waals surface area contributed by atoms with Gasteiger partial charge < -0.3 is 14.8 Å². The summed E-state index contributed by atoms with van der Waals surface area (Å²) >= 11 is 1.47. The van der Waals surface area contributed by atoms with Crippen molar-refractivity contribution in [1.82, 2.24) is 5.43 Å². The highest BCUT2D eigenvalue weighted by Gasteiger charge is 2.13. The lowest BCUT2D eigenvalue weighted by Crippen LogP contribution is -2.26. The van der Waals surface area contributed by atoms with E-state index in [0.717, 1.165) is 10.5 Å². The molecule has 0 saturated heterocycles. The lowest BCUT2D eigenvalue weighted by Gasteiger charge is -2.10. The Morgan fingerprint density at radius 2 is 1.70 bits per heavy atom. The summed E-state index contributed by atoms with van der Waals surface area (Å²) in [4.78, 5) is 25.4. The summed E-state index contributed by atoms with van der Waals surface area (Å²) in [6.45, 7) is 1.69. The Kier molecular flexibility index (Phi) is 8.90. The second-order valence-electron chi connectivity index (χ2n) is 6.91. The van der Waals surface area contributed by atoms with Crippen LogP contribution >= 0.6 is 11.8 Å². The number of hydrogen-bond donors (Lipinski definition) is 2. The standard InChI is InChI=1S/C25H25N3O4S/c1-18(33-21-8-4-3-5-9-21)25(30)28-26-16-19-12-14-20(15-13-19)32-17-24(29)27-22-10-6-7-11-23(22)31-2/h3-16,18H,17H2,1-2H3,(H,27,29)(H,28,30)/b26-16-/t18-/m0/s1. The number of methoxy groups -OCH3 is 1. The molecule has 0 fully saturated rings. The molecule has 3 aromatic carbocycles. The minimum absolute atomic E-state index is 0.140. The van der Waals surface area contributed by atoms with Crippen molar-refractivity contribution in [3.8, 4) is 11.5 Å². The van der Waals surface area contributed by atoms with Gasteiger partial charge in [0.05, 0.1) is 24.3 Å². The number of ether oxygens (including phenoxy) is 2. The Bertz CT molecular complexity index is 1090. The molecule has 3 aromatic rings. The summed E-state index contributed by atoms with van der Waals surface area (Å²) in [6.07, 6.45) is 1.55. The fourth-order valence-electron chi connectivity index (χ4n) is 2.75. The second kappa shape index (κ2) is 12.3. The van der Waals surface area contributed by atoms with Crippen LogP contribution in [-0.2, 0) is 9.59 Å². The monoisotopic (exact) mass is 463 g/mol. The number of carbonyl (C=O) groups excluding carboxylic acids is 2. The maximum atomic E-state index is 12.2. The molecule has 33 heavy (non-hydrogen) atoms. The SMILES string of the molecule is COc1ccccc1NC(=O)COc1ccc(/C=N\NC(=O)[C@H](C)Sc2ccccc2)cc1. The number of para-hydroxylation sites is 2. The summed E-state index contributed by atoms with van der Waals surface area (Å²) in [6, 6.07) is 23.9. The van der Waals surface area contributed by atoms with Crippen LogP contribution in [0.15, 0.2) is 88.9 Å². The summed E-state index contributed by atoms with van der Waals surface area (Å²) in [5.74, 6) is 0.644. The van der Waals surface area contributed by atoms with E-state index in [1.807, 2.05) is 49.4 Å². The van der Waals surface area contributed by atoms with E-state index < -0.39 is 0 Å². The Morgan fingerprint density at radius 3 is 2.42 bits per heavy atom. The number of anilines is 1. The van der Waals surface area contributed by atoms with Crippen molar-refractivity contribution in [3.05, 3.63) is 84.4 Å². The first kappa shape index (κ1) is 23.9. The average Bonchev–Trinajstić information content (AvgIpc) is 2.84. The summed E-state index contributed by atoms with van der Waals surface area (Å²) in [5.41, 5.74) is 3.92. The molecule has 0 saturated carbocycles. The van der Waals surface area contributed by atoms with Crippen LogP contribution in [0.3, 0.4) is 0 Å². The lowest BCUT2D eigenvalue weighted by molar-refractivity contribution is -0.120. The summed E-state index contributed by atoms with van der Waals surface area (Å²) in [7, 11) is 1.54. The molecule has 0 bridgehead atoms. The van der Waals surface area contributed by atoms with E-state index in [4.69, 9.17) is 9.47 Å². The lowest BCUT2D eigenvalue weighted by atomic mass is 10.2. The van der Waals surface area contributed by atoms with Crippen molar-refractivity contribution in [2.45, 2.75) is 17.1 Å². The predicted molar refractivity (Wildman–Crippen MR) is 131 cm³/mol. The van der Waals surface area contributed by atoms with Gasteiger partial charge in [0.2, 0.25) is 0 Å². The summed E-state index contributed by atoms with van der Waals surface area (Å²) < 4.78 is 10.7. The second-order valence-corrected chi connectivity index (χ2v) is 8.33. The maximum absolute atomic E-state index is 12.2. The van der Waals surface area contributed by atoms with Crippen LogP contribution in [0.5, 0.6) is 11.5 Å². The molecule has 8 heteroatoms. The van der Waals surface area contributed by atoms with Gasteiger partial charge in [0.25, 0.3) is 11.8 Å². The molecular formula is C25H25N3O4S. The average molecular weight is 464 g/mol. The van der Waals surface area contributed by atoms with Crippen molar-refractivity contribution >= 4 is 35.5 Å². The largest absolute Gasteiger partial charge is 0.495 e. The van der Waals surface area contributed by atoms with E-state index in [0.29, 0.717) is 17.2 Å². The van der Waals surface area contributed by atoms with Crippen LogP contribution in [0.2, 0.25) is 0 Å². The van der Waals surface area contributed by atoms with Crippen molar-refractivity contribution in [2.75, 3.05) is 19.0 Å². The molecule has 0 aliphatic rings. The van der Waals surface area contributed by atoms with Gasteiger partial charge >= 0.3 is 0 Å². The Morgan fingerprint density at radius 1 is 1.00 bits per heavy atom. The number of hydrazone groups is 1. The minimum atomic E-state index is -0.296. The van der Waals surface area contributed by atoms with Crippen LogP contribution in [0.4, 0.5) is 5.69 Å². The van der Waals surface area contributed by atoms with E-state index in [1.165, 1.54) is 11.8 Å². The maximum Gasteiger partial charge on any atom is 0.262 e. The van der Waals surface area contributed by atoms with Crippen LogP contribution in [-0.4, -0.2) is 37.0 Å². The zero-order valence-corrected chi connectivity index (χ0v) is 19.2. The first-order valence-electron chi connectivity index (χ1n) is 10.3. The van der Waals surface area contributed by atoms with Crippen LogP contribution in [0.25, 0.3) is 0 Å². The minimum Gasteiger partial charge on any atom is -0.495 e. The van der Waals surface area contributed by atoms with Crippen molar-refractivity contribution in [1.29, 1.82) is 0 Å². The van der Waals surface area contributed by atoms with E-state index in [-0.39, 0.29) is 23.7 Å². The molecule has 7 nitrogen and oxygen atoms in total. The highest BCUT2D eigenvalue weighted by molar-refractivity contribution is 8.00. The van der Waals surface area contributed by atoms with Gasteiger partial charge in [-0.2, -0.15) is 5.10 Å². The third kappa shape index (κ3) is 7.69. The number of amides is 2. The van der Waals surface area contributed by atoms with E-state index in [2.05, 4.69) is 15.8 Å². The predicted octanol–water partition coefficient (Wildman–Crippen LogP) is 4.34. The van der Waals surface area contributed by atoms with Gasteiger partial charge in [-0.15, -0.1) is 11.8 Å². The van der Waals surface area contributed by atoms with Gasteiger partial charge in [0.1, 0.15) is 11.5 Å². The molecule has 170 valence electrons. The molecule has 0 radical (unpaired) electrons. The molecule has 0 aromatic heterocycles. The molecule has 2 N–H and O–H groups in total. The van der Waals surface area contributed by atoms with E-state index in [9.17, 15) is 9.59 Å². The van der Waals surface area contributed by atoms with E-state index in [1.54, 1.807) is 49.7 Å². The number of nitrogens with one attached hydrogen (secondary N) is 2. The molecule has 0 heterocycles. The van der Waals surface area contributed by atoms with Crippen LogP contribution < -0.4 is 20.2 Å². The molecule has 0 spiro atoms. The zero-order chi connectivity index (χ0) is 23.5. The van der Waals surface area contributed by atoms with Crippen molar-refractivity contribution in [3.63, 3.8) is 0 Å². The van der Waals surface area contributed by atoms with Gasteiger partial charge in [-0.25, -0.2) is 5.43 Å². The highest BCUT2D eigenvalue weighted by Crippen LogP contribution is 2.23. The number of nitrogens with zero attached hydrogens (tertiary/aromatic N) is 1. The third-order valence-corrected chi connectivity index (χ3v) is 5.56. The van der Waals surface area contributed by atoms with Crippen LogP contribution in [0, 0.1) is 0 Å². The number of thioether (sulfide) groups is 1. The van der Waals surface area contributed by atoms with Gasteiger partial charge in [-0.05, 0) is 61.0 Å². The van der Waals surface area contributed by atoms with Crippen molar-refractivity contribution < 1.29 is 19.1 Å². The Balaban J connectivity index is 1.43. The Labute approximate surface area is 197 Å². The van der Waals surface area contributed by atoms with Gasteiger partial charge in [0, 0.05) is 4.90 Å². The first-order valence-corrected chi connectivity index (χ1v) is 11.1. The van der Waals surface area contributed by atoms with Crippen molar-refractivity contribution in [2.24, 2.45) is 5.10 Å². The number of hydrogen-bond acceptors (Lipinski definition) is 6. The molecule has 0 aliphatic carbocycles. The number of rotatable bonds is 10. The molecular weight excluding hydrogens is 438 g/mol.